The number of nitriles is 1. The minimum Gasteiger partial charge on any atom is -0.406 e. The van der Waals surface area contributed by atoms with Gasteiger partial charge in [-0.25, -0.2) is 0 Å². The standard InChI is InChI=1S/C27H21F6N3O2/c28-26(29,30)21-9-5-19(6-10-21)24(18-3-1-17(15-34)2-4-18)36-14-13-22(16-36)35-25(37)20-7-11-23(12-8-20)38-27(31,32)33/h1-12,22,24H,13-14,16H2,(H,35,37)/t22?,24-/m1/s1. The second kappa shape index (κ2) is 10.8. The zero-order valence-corrected chi connectivity index (χ0v) is 19.7. The van der Waals surface area contributed by atoms with Crippen LogP contribution in [0.15, 0.2) is 72.8 Å². The quantitative estimate of drug-likeness (QED) is 0.391. The molecule has 5 nitrogen and oxygen atoms in total. The molecule has 1 amide bonds. The second-order valence-corrected chi connectivity index (χ2v) is 8.78. The van der Waals surface area contributed by atoms with Gasteiger partial charge in [-0.15, -0.1) is 13.2 Å². The summed E-state index contributed by atoms with van der Waals surface area (Å²) in [5, 5.41) is 12.0. The third kappa shape index (κ3) is 6.63. The number of halogens is 6. The third-order valence-corrected chi connectivity index (χ3v) is 6.18. The van der Waals surface area contributed by atoms with Crippen molar-refractivity contribution in [1.82, 2.24) is 10.2 Å². The molecule has 1 aliphatic heterocycles. The molecule has 11 heteroatoms. The summed E-state index contributed by atoms with van der Waals surface area (Å²) in [5.41, 5.74) is 1.23. The van der Waals surface area contributed by atoms with Crippen molar-refractivity contribution in [3.8, 4) is 11.8 Å². The van der Waals surface area contributed by atoms with Crippen LogP contribution >= 0.6 is 0 Å². The van der Waals surface area contributed by atoms with Gasteiger partial charge in [-0.3, -0.25) is 9.69 Å². The van der Waals surface area contributed by atoms with E-state index in [4.69, 9.17) is 5.26 Å². The number of carbonyl (C=O) groups excluding carboxylic acids is 1. The maximum Gasteiger partial charge on any atom is 0.573 e. The van der Waals surface area contributed by atoms with Crippen molar-refractivity contribution in [2.45, 2.75) is 31.0 Å². The van der Waals surface area contributed by atoms with Gasteiger partial charge in [0.2, 0.25) is 0 Å². The Kier molecular flexibility index (Phi) is 7.64. The fourth-order valence-corrected chi connectivity index (χ4v) is 4.42. The molecule has 0 aromatic heterocycles. The van der Waals surface area contributed by atoms with Gasteiger partial charge in [0.05, 0.1) is 23.2 Å². The number of amides is 1. The van der Waals surface area contributed by atoms with Crippen LogP contribution < -0.4 is 10.1 Å². The number of alkyl halides is 6. The van der Waals surface area contributed by atoms with E-state index in [1.165, 1.54) is 24.3 Å². The van der Waals surface area contributed by atoms with Gasteiger partial charge >= 0.3 is 12.5 Å². The smallest absolute Gasteiger partial charge is 0.406 e. The Balaban J connectivity index is 1.50. The molecule has 0 aliphatic carbocycles. The highest BCUT2D eigenvalue weighted by Crippen LogP contribution is 2.35. The number of hydrogen-bond acceptors (Lipinski definition) is 4. The van der Waals surface area contributed by atoms with Crippen molar-refractivity contribution >= 4 is 5.91 Å². The van der Waals surface area contributed by atoms with Crippen molar-refractivity contribution in [3.05, 3.63) is 101 Å². The number of nitrogens with one attached hydrogen (secondary N) is 1. The van der Waals surface area contributed by atoms with Crippen LogP contribution in [0, 0.1) is 11.3 Å². The van der Waals surface area contributed by atoms with Crippen LogP contribution in [0.2, 0.25) is 0 Å². The van der Waals surface area contributed by atoms with Gasteiger partial charge < -0.3 is 10.1 Å². The highest BCUT2D eigenvalue weighted by molar-refractivity contribution is 5.94. The number of carbonyl (C=O) groups is 1. The van der Waals surface area contributed by atoms with Gasteiger partial charge in [-0.2, -0.15) is 18.4 Å². The molecule has 1 fully saturated rings. The lowest BCUT2D eigenvalue weighted by atomic mass is 9.95. The minimum atomic E-state index is -4.84. The fraction of sp³-hybridized carbons (Fsp3) is 0.259. The Hall–Kier alpha value is -4.04. The largest absolute Gasteiger partial charge is 0.573 e. The molecule has 1 heterocycles. The van der Waals surface area contributed by atoms with E-state index < -0.39 is 35.8 Å². The van der Waals surface area contributed by atoms with Gasteiger partial charge in [0.15, 0.2) is 0 Å². The molecule has 1 aliphatic rings. The van der Waals surface area contributed by atoms with Crippen molar-refractivity contribution in [1.29, 1.82) is 5.26 Å². The monoisotopic (exact) mass is 533 g/mol. The first-order chi connectivity index (χ1) is 17.9. The summed E-state index contributed by atoms with van der Waals surface area (Å²) >= 11 is 0. The van der Waals surface area contributed by atoms with E-state index >= 15 is 0 Å². The fourth-order valence-electron chi connectivity index (χ4n) is 4.42. The van der Waals surface area contributed by atoms with Crippen LogP contribution in [0.3, 0.4) is 0 Å². The molecular formula is C27H21F6N3O2. The summed E-state index contributed by atoms with van der Waals surface area (Å²) in [6.07, 6.45) is -8.76. The van der Waals surface area contributed by atoms with Crippen LogP contribution in [0.4, 0.5) is 26.3 Å². The first-order valence-corrected chi connectivity index (χ1v) is 11.5. The van der Waals surface area contributed by atoms with E-state index in [0.29, 0.717) is 30.6 Å². The van der Waals surface area contributed by atoms with E-state index in [1.807, 2.05) is 11.0 Å². The Bertz CT molecular complexity index is 1300. The average molecular weight is 533 g/mol. The molecule has 38 heavy (non-hydrogen) atoms. The molecule has 0 radical (unpaired) electrons. The summed E-state index contributed by atoms with van der Waals surface area (Å²) in [6, 6.07) is 17.5. The third-order valence-electron chi connectivity index (χ3n) is 6.18. The summed E-state index contributed by atoms with van der Waals surface area (Å²) < 4.78 is 80.2. The summed E-state index contributed by atoms with van der Waals surface area (Å²) in [5.74, 6) is -0.914. The van der Waals surface area contributed by atoms with E-state index in [2.05, 4.69) is 10.1 Å². The minimum absolute atomic E-state index is 0.157. The predicted molar refractivity (Wildman–Crippen MR) is 125 cm³/mol. The molecule has 3 aromatic rings. The zero-order valence-electron chi connectivity index (χ0n) is 19.7. The maximum atomic E-state index is 13.1. The molecular weight excluding hydrogens is 512 g/mol. The molecule has 1 saturated heterocycles. The number of hydrogen-bond donors (Lipinski definition) is 1. The molecule has 0 bridgehead atoms. The van der Waals surface area contributed by atoms with Crippen LogP contribution in [-0.4, -0.2) is 36.3 Å². The Morgan fingerprint density at radius 2 is 1.50 bits per heavy atom. The van der Waals surface area contributed by atoms with E-state index in [0.717, 1.165) is 29.8 Å². The molecule has 1 unspecified atom stereocenters. The molecule has 2 atom stereocenters. The summed E-state index contributed by atoms with van der Waals surface area (Å²) in [7, 11) is 0. The molecule has 0 saturated carbocycles. The Labute approximate surface area is 214 Å². The van der Waals surface area contributed by atoms with Crippen LogP contribution in [0.1, 0.15) is 45.1 Å². The first-order valence-electron chi connectivity index (χ1n) is 11.5. The van der Waals surface area contributed by atoms with Gasteiger partial charge in [-0.05, 0) is 66.1 Å². The van der Waals surface area contributed by atoms with Crippen molar-refractivity contribution in [2.75, 3.05) is 13.1 Å². The number of rotatable bonds is 6. The van der Waals surface area contributed by atoms with Gasteiger partial charge in [0, 0.05) is 24.7 Å². The number of nitrogens with zero attached hydrogens (tertiary/aromatic N) is 2. The van der Waals surface area contributed by atoms with E-state index in [1.54, 1.807) is 24.3 Å². The van der Waals surface area contributed by atoms with Crippen LogP contribution in [-0.2, 0) is 6.18 Å². The van der Waals surface area contributed by atoms with Gasteiger partial charge in [0.25, 0.3) is 5.91 Å². The first kappa shape index (κ1) is 27.0. The normalized spacial score (nSPS) is 17.0. The molecule has 198 valence electrons. The highest BCUT2D eigenvalue weighted by Gasteiger charge is 2.34. The molecule has 4 rings (SSSR count). The van der Waals surface area contributed by atoms with Crippen LogP contribution in [0.5, 0.6) is 5.75 Å². The lowest BCUT2D eigenvalue weighted by Crippen LogP contribution is -2.38. The summed E-state index contributed by atoms with van der Waals surface area (Å²) in [4.78, 5) is 14.7. The van der Waals surface area contributed by atoms with Crippen molar-refractivity contribution < 1.29 is 35.9 Å². The summed E-state index contributed by atoms with van der Waals surface area (Å²) in [6.45, 7) is 0.904. The zero-order chi connectivity index (χ0) is 27.5. The van der Waals surface area contributed by atoms with E-state index in [-0.39, 0.29) is 11.6 Å². The second-order valence-electron chi connectivity index (χ2n) is 8.78. The van der Waals surface area contributed by atoms with Gasteiger partial charge in [-0.1, -0.05) is 24.3 Å². The number of benzene rings is 3. The lowest BCUT2D eigenvalue weighted by Gasteiger charge is -2.29. The molecule has 3 aromatic carbocycles. The average Bonchev–Trinajstić information content (AvgIpc) is 3.31. The lowest BCUT2D eigenvalue weighted by molar-refractivity contribution is -0.274. The SMILES string of the molecule is N#Cc1ccc([C@H](c2ccc(C(F)(F)F)cc2)N2CCC(NC(=O)c3ccc(OC(F)(F)F)cc3)C2)cc1. The number of ether oxygens (including phenoxy) is 1. The maximum absolute atomic E-state index is 13.1. The van der Waals surface area contributed by atoms with Crippen molar-refractivity contribution in [2.24, 2.45) is 0 Å². The van der Waals surface area contributed by atoms with Crippen LogP contribution in [0.25, 0.3) is 0 Å². The highest BCUT2D eigenvalue weighted by atomic mass is 19.4. The molecule has 0 spiro atoms. The van der Waals surface area contributed by atoms with E-state index in [9.17, 15) is 31.1 Å². The Morgan fingerprint density at radius 1 is 0.921 bits per heavy atom. The van der Waals surface area contributed by atoms with Crippen molar-refractivity contribution in [3.63, 3.8) is 0 Å². The molecule has 1 N–H and O–H groups in total. The Morgan fingerprint density at radius 3 is 2.03 bits per heavy atom. The van der Waals surface area contributed by atoms with Gasteiger partial charge in [0.1, 0.15) is 5.75 Å². The topological polar surface area (TPSA) is 65.4 Å². The number of likely N-dealkylation sites (tertiary alicyclic amines) is 1. The predicted octanol–water partition coefficient (Wildman–Crippen LogP) is 6.07.